The van der Waals surface area contributed by atoms with Crippen LogP contribution in [-0.2, 0) is 0 Å². The van der Waals surface area contributed by atoms with E-state index in [9.17, 15) is 4.79 Å². The van der Waals surface area contributed by atoms with Gasteiger partial charge in [-0.3, -0.25) is 0 Å². The highest BCUT2D eigenvalue weighted by molar-refractivity contribution is 5.92. The molecule has 3 saturated heterocycles. The molecule has 1 atom stereocenters. The summed E-state index contributed by atoms with van der Waals surface area (Å²) in [4.78, 5) is 17.9. The maximum Gasteiger partial charge on any atom is 0.335 e. The zero-order valence-electron chi connectivity index (χ0n) is 11.2. The minimum Gasteiger partial charge on any atom is -0.478 e. The van der Waals surface area contributed by atoms with Gasteiger partial charge in [0.25, 0.3) is 0 Å². The Hall–Kier alpha value is -1.88. The van der Waals surface area contributed by atoms with E-state index in [1.165, 1.54) is 25.9 Å². The number of aromatic nitrogens is 2. The Balaban J connectivity index is 1.75. The fraction of sp³-hybridized carbons (Fsp3) is 0.467. The molecule has 4 heterocycles. The molecule has 3 fully saturated rings. The number of carbonyl (C=O) groups is 1. The fourth-order valence-electron chi connectivity index (χ4n) is 3.68. The van der Waals surface area contributed by atoms with Crippen LogP contribution in [0.5, 0.6) is 0 Å². The number of fused-ring (bicyclic) bond motifs is 4. The molecule has 3 aliphatic heterocycles. The Morgan fingerprint density at radius 3 is 2.75 bits per heavy atom. The van der Waals surface area contributed by atoms with Crippen molar-refractivity contribution >= 4 is 17.0 Å². The van der Waals surface area contributed by atoms with Gasteiger partial charge in [0, 0.05) is 6.54 Å². The van der Waals surface area contributed by atoms with Crippen LogP contribution < -0.4 is 0 Å². The Morgan fingerprint density at radius 2 is 2.10 bits per heavy atom. The van der Waals surface area contributed by atoms with Crippen LogP contribution >= 0.6 is 0 Å². The third-order valence-electron chi connectivity index (χ3n) is 4.80. The van der Waals surface area contributed by atoms with Crippen molar-refractivity contribution in [3.8, 4) is 0 Å². The number of rotatable bonds is 2. The lowest BCUT2D eigenvalue weighted by Crippen LogP contribution is -2.47. The van der Waals surface area contributed by atoms with Crippen LogP contribution in [0.2, 0.25) is 0 Å². The fourth-order valence-corrected chi connectivity index (χ4v) is 3.68. The van der Waals surface area contributed by atoms with Gasteiger partial charge in [-0.1, -0.05) is 0 Å². The molecule has 20 heavy (non-hydrogen) atoms. The van der Waals surface area contributed by atoms with Crippen LogP contribution in [-0.4, -0.2) is 45.2 Å². The zero-order valence-corrected chi connectivity index (χ0v) is 11.2. The number of carboxylic acid groups (broad SMARTS) is 1. The molecule has 0 radical (unpaired) electrons. The second kappa shape index (κ2) is 4.31. The minimum absolute atomic E-state index is 0.302. The zero-order chi connectivity index (χ0) is 13.7. The van der Waals surface area contributed by atoms with Gasteiger partial charge in [-0.2, -0.15) is 0 Å². The monoisotopic (exact) mass is 271 g/mol. The average molecular weight is 271 g/mol. The number of benzene rings is 1. The van der Waals surface area contributed by atoms with Gasteiger partial charge in [-0.25, -0.2) is 9.78 Å². The summed E-state index contributed by atoms with van der Waals surface area (Å²) in [5, 5.41) is 9.04. The first-order chi connectivity index (χ1) is 9.72. The summed E-state index contributed by atoms with van der Waals surface area (Å²) in [6.07, 6.45) is 4.40. The molecule has 5 nitrogen and oxygen atoms in total. The Kier molecular flexibility index (Phi) is 2.57. The van der Waals surface area contributed by atoms with Crippen LogP contribution in [0, 0.1) is 5.92 Å². The van der Waals surface area contributed by atoms with Crippen LogP contribution in [0.1, 0.15) is 29.2 Å². The highest BCUT2D eigenvalue weighted by Gasteiger charge is 2.35. The number of carboxylic acids is 1. The highest BCUT2D eigenvalue weighted by atomic mass is 16.4. The highest BCUT2D eigenvalue weighted by Crippen LogP contribution is 2.37. The van der Waals surface area contributed by atoms with E-state index >= 15 is 0 Å². The Labute approximate surface area is 116 Å². The Morgan fingerprint density at radius 1 is 1.30 bits per heavy atom. The molecular weight excluding hydrogens is 254 g/mol. The number of piperidine rings is 3. The number of hydrogen-bond donors (Lipinski definition) is 1. The molecule has 2 aromatic rings. The van der Waals surface area contributed by atoms with E-state index in [1.54, 1.807) is 12.1 Å². The summed E-state index contributed by atoms with van der Waals surface area (Å²) < 4.78 is 2.25. The van der Waals surface area contributed by atoms with Gasteiger partial charge >= 0.3 is 5.97 Å². The van der Waals surface area contributed by atoms with Crippen LogP contribution in [0.25, 0.3) is 11.0 Å². The molecule has 1 aromatic carbocycles. The van der Waals surface area contributed by atoms with Gasteiger partial charge < -0.3 is 14.6 Å². The lowest BCUT2D eigenvalue weighted by molar-refractivity contribution is 0.0588. The SMILES string of the molecule is O=C(O)c1ccc2c(c1)ncn2C1CN2CCC1CC2. The molecule has 2 bridgehead atoms. The lowest BCUT2D eigenvalue weighted by Gasteiger charge is -2.45. The van der Waals surface area contributed by atoms with Crippen LogP contribution in [0.3, 0.4) is 0 Å². The quantitative estimate of drug-likeness (QED) is 0.907. The van der Waals surface area contributed by atoms with Gasteiger partial charge in [-0.05, 0) is 50.0 Å². The van der Waals surface area contributed by atoms with Crippen molar-refractivity contribution in [2.24, 2.45) is 5.92 Å². The maximum absolute atomic E-state index is 11.0. The first-order valence-corrected chi connectivity index (χ1v) is 7.14. The average Bonchev–Trinajstić information content (AvgIpc) is 2.91. The number of hydrogen-bond acceptors (Lipinski definition) is 3. The second-order valence-electron chi connectivity index (χ2n) is 5.87. The van der Waals surface area contributed by atoms with Gasteiger partial charge in [-0.15, -0.1) is 0 Å². The van der Waals surface area contributed by atoms with Crippen molar-refractivity contribution in [3.63, 3.8) is 0 Å². The molecule has 5 rings (SSSR count). The van der Waals surface area contributed by atoms with E-state index in [0.717, 1.165) is 23.5 Å². The predicted molar refractivity (Wildman–Crippen MR) is 74.9 cm³/mol. The van der Waals surface area contributed by atoms with E-state index in [4.69, 9.17) is 5.11 Å². The van der Waals surface area contributed by atoms with Crippen LogP contribution in [0.4, 0.5) is 0 Å². The lowest BCUT2D eigenvalue weighted by atomic mass is 9.84. The smallest absolute Gasteiger partial charge is 0.335 e. The second-order valence-corrected chi connectivity index (χ2v) is 5.87. The summed E-state index contributed by atoms with van der Waals surface area (Å²) in [6.45, 7) is 3.53. The van der Waals surface area contributed by atoms with Crippen molar-refractivity contribution in [2.45, 2.75) is 18.9 Å². The molecule has 0 saturated carbocycles. The summed E-state index contributed by atoms with van der Waals surface area (Å²) in [6, 6.07) is 5.71. The van der Waals surface area contributed by atoms with Gasteiger partial charge in [0.05, 0.1) is 29.0 Å². The van der Waals surface area contributed by atoms with E-state index in [-0.39, 0.29) is 0 Å². The van der Waals surface area contributed by atoms with Crippen molar-refractivity contribution in [2.75, 3.05) is 19.6 Å². The normalized spacial score (nSPS) is 28.9. The predicted octanol–water partition coefficient (Wildman–Crippen LogP) is 2.00. The van der Waals surface area contributed by atoms with Gasteiger partial charge in [0.2, 0.25) is 0 Å². The van der Waals surface area contributed by atoms with Crippen molar-refractivity contribution in [1.29, 1.82) is 0 Å². The third kappa shape index (κ3) is 1.73. The molecule has 1 aromatic heterocycles. The largest absolute Gasteiger partial charge is 0.478 e. The van der Waals surface area contributed by atoms with E-state index in [2.05, 4.69) is 14.5 Å². The van der Waals surface area contributed by atoms with E-state index in [1.807, 2.05) is 12.4 Å². The van der Waals surface area contributed by atoms with Gasteiger partial charge in [0.1, 0.15) is 0 Å². The molecule has 1 unspecified atom stereocenters. The molecule has 104 valence electrons. The third-order valence-corrected chi connectivity index (χ3v) is 4.80. The van der Waals surface area contributed by atoms with Crippen molar-refractivity contribution < 1.29 is 9.90 Å². The standard InChI is InChI=1S/C15H17N3O2/c19-15(20)11-1-2-13-12(7-11)16-9-18(13)14-8-17-5-3-10(14)4-6-17/h1-2,7,9-10,14H,3-6,8H2,(H,19,20). The maximum atomic E-state index is 11.0. The number of aromatic carboxylic acids is 1. The number of nitrogens with zero attached hydrogens (tertiary/aromatic N) is 3. The molecule has 0 amide bonds. The molecule has 0 aliphatic carbocycles. The molecule has 5 heteroatoms. The van der Waals surface area contributed by atoms with E-state index < -0.39 is 5.97 Å². The summed E-state index contributed by atoms with van der Waals surface area (Å²) >= 11 is 0. The molecule has 3 aliphatic rings. The minimum atomic E-state index is -0.899. The summed E-state index contributed by atoms with van der Waals surface area (Å²) in [5.41, 5.74) is 2.13. The molecule has 1 N–H and O–H groups in total. The van der Waals surface area contributed by atoms with Crippen molar-refractivity contribution in [1.82, 2.24) is 14.5 Å². The first-order valence-electron chi connectivity index (χ1n) is 7.14. The molecule has 0 spiro atoms. The topological polar surface area (TPSA) is 58.4 Å². The Bertz CT molecular complexity index is 671. The van der Waals surface area contributed by atoms with Gasteiger partial charge in [0.15, 0.2) is 0 Å². The van der Waals surface area contributed by atoms with Crippen molar-refractivity contribution in [3.05, 3.63) is 30.1 Å². The van der Waals surface area contributed by atoms with E-state index in [0.29, 0.717) is 11.6 Å². The summed E-state index contributed by atoms with van der Waals surface area (Å²) in [5.74, 6) is -0.166. The first kappa shape index (κ1) is 11.9. The van der Waals surface area contributed by atoms with Crippen LogP contribution in [0.15, 0.2) is 24.5 Å². The summed E-state index contributed by atoms with van der Waals surface area (Å²) in [7, 11) is 0. The molecular formula is C15H17N3O2. The number of imidazole rings is 1.